The van der Waals surface area contributed by atoms with Crippen LogP contribution in [0.1, 0.15) is 181 Å². The minimum Gasteiger partial charge on any atom is -0.756 e. The number of rotatable bonds is 36. The zero-order valence-electron chi connectivity index (χ0n) is 31.9. The first kappa shape index (κ1) is 47.2. The number of phosphoric ester groups is 1. The average molecular weight is 706 g/mol. The lowest BCUT2D eigenvalue weighted by Crippen LogP contribution is -2.45. The van der Waals surface area contributed by atoms with E-state index < -0.39 is 39.2 Å². The molecule has 0 saturated carbocycles. The zero-order chi connectivity index (χ0) is 35.9. The molecule has 0 radical (unpaired) electrons. The van der Waals surface area contributed by atoms with E-state index in [1.54, 1.807) is 0 Å². The number of aliphatic hydroxyl groups is 1. The van der Waals surface area contributed by atoms with Crippen molar-refractivity contribution < 1.29 is 42.4 Å². The molecule has 9 nitrogen and oxygen atoms in total. The number of phosphoric acid groups is 1. The normalized spacial score (nSPS) is 14.5. The molecule has 0 saturated heterocycles. The van der Waals surface area contributed by atoms with Crippen LogP contribution in [0, 0.1) is 0 Å². The summed E-state index contributed by atoms with van der Waals surface area (Å²) in [7, 11) is 0.685. The molecule has 0 aliphatic heterocycles. The maximum Gasteiger partial charge on any atom is 0.306 e. The van der Waals surface area contributed by atoms with Crippen LogP contribution in [-0.4, -0.2) is 74.5 Å². The fourth-order valence-electron chi connectivity index (χ4n) is 5.83. The molecule has 1 N–H and O–H groups in total. The highest BCUT2D eigenvalue weighted by atomic mass is 31.2. The van der Waals surface area contributed by atoms with Crippen molar-refractivity contribution in [3.05, 3.63) is 0 Å². The summed E-state index contributed by atoms with van der Waals surface area (Å²) in [5.74, 6) is -0.756. The molecule has 10 heteroatoms. The van der Waals surface area contributed by atoms with Gasteiger partial charge in [-0.15, -0.1) is 0 Å². The number of carbonyl (C=O) groups is 2. The Kier molecular flexibility index (Phi) is 30.4. The largest absolute Gasteiger partial charge is 0.756 e. The first-order valence-corrected chi connectivity index (χ1v) is 21.2. The highest BCUT2D eigenvalue weighted by molar-refractivity contribution is 7.45. The molecule has 0 aromatic heterocycles. The molecule has 0 bridgehead atoms. The summed E-state index contributed by atoms with van der Waals surface area (Å²) in [5, 5.41) is 9.66. The van der Waals surface area contributed by atoms with Gasteiger partial charge in [0, 0.05) is 12.8 Å². The number of hydrogen-bond donors (Lipinski definition) is 1. The van der Waals surface area contributed by atoms with Crippen LogP contribution in [0.2, 0.25) is 0 Å². The SMILES string of the molecule is CCCCCCCCCCCCCCCC(=O)O[C@H](CO)COP(=O)([O-])OC(C[N+](C)(C)C)C(=O)CCCCCCCCCCCCC. The van der Waals surface area contributed by atoms with Gasteiger partial charge in [-0.05, 0) is 12.8 Å². The predicted octanol–water partition coefficient (Wildman–Crippen LogP) is 9.22. The van der Waals surface area contributed by atoms with E-state index >= 15 is 0 Å². The van der Waals surface area contributed by atoms with Gasteiger partial charge in [0.1, 0.15) is 12.6 Å². The number of nitrogens with zero attached hydrogens (tertiary/aromatic N) is 1. The van der Waals surface area contributed by atoms with Crippen LogP contribution in [0.4, 0.5) is 0 Å². The van der Waals surface area contributed by atoms with E-state index in [1.807, 2.05) is 21.1 Å². The summed E-state index contributed by atoms with van der Waals surface area (Å²) in [6.45, 7) is 3.50. The number of carbonyl (C=O) groups excluding carboxylic acids is 2. The van der Waals surface area contributed by atoms with E-state index in [-0.39, 0.29) is 25.2 Å². The van der Waals surface area contributed by atoms with E-state index in [4.69, 9.17) is 13.8 Å². The maximum atomic E-state index is 13.0. The van der Waals surface area contributed by atoms with Gasteiger partial charge in [0.15, 0.2) is 11.9 Å². The third-order valence-corrected chi connectivity index (χ3v) is 9.74. The number of likely N-dealkylation sites (N-methyl/N-ethyl adjacent to an activating group) is 1. The standard InChI is InChI=1S/C38H76NO8P/c1-6-8-10-12-14-16-18-19-21-23-25-27-29-31-38(42)46-35(33-40)34-45-48(43,44)47-37(32-39(3,4)5)36(41)30-28-26-24-22-20-17-15-13-11-9-7-2/h35,37,40H,6-34H2,1-5H3/t35-,37?/m1/s1. The Bertz CT molecular complexity index is 819. The Balaban J connectivity index is 4.33. The number of Topliss-reactive ketones (excluding diaryl/α,β-unsaturated/α-hetero) is 1. The Labute approximate surface area is 295 Å². The third kappa shape index (κ3) is 31.2. The molecule has 0 fully saturated rings. The lowest BCUT2D eigenvalue weighted by Gasteiger charge is -2.32. The fraction of sp³-hybridized carbons (Fsp3) is 0.947. The molecule has 0 amide bonds. The van der Waals surface area contributed by atoms with E-state index in [9.17, 15) is 24.2 Å². The van der Waals surface area contributed by atoms with Gasteiger partial charge in [-0.2, -0.15) is 0 Å². The second kappa shape index (κ2) is 30.9. The van der Waals surface area contributed by atoms with Gasteiger partial charge >= 0.3 is 5.97 Å². The first-order chi connectivity index (χ1) is 22.9. The quantitative estimate of drug-likeness (QED) is 0.0296. The summed E-state index contributed by atoms with van der Waals surface area (Å²) in [6.07, 6.45) is 26.6. The van der Waals surface area contributed by atoms with Gasteiger partial charge in [0.05, 0.1) is 34.4 Å². The molecule has 3 atom stereocenters. The summed E-state index contributed by atoms with van der Waals surface area (Å²) < 4.78 is 28.6. The van der Waals surface area contributed by atoms with E-state index in [0.717, 1.165) is 38.5 Å². The van der Waals surface area contributed by atoms with Crippen molar-refractivity contribution in [1.29, 1.82) is 0 Å². The number of aliphatic hydroxyl groups excluding tert-OH is 1. The van der Waals surface area contributed by atoms with Crippen LogP contribution in [0.15, 0.2) is 0 Å². The van der Waals surface area contributed by atoms with Crippen LogP contribution in [0.25, 0.3) is 0 Å². The van der Waals surface area contributed by atoms with Gasteiger partial charge < -0.3 is 28.3 Å². The van der Waals surface area contributed by atoms with Gasteiger partial charge in [0.2, 0.25) is 0 Å². The van der Waals surface area contributed by atoms with Crippen molar-refractivity contribution in [3.63, 3.8) is 0 Å². The lowest BCUT2D eigenvalue weighted by molar-refractivity contribution is -0.872. The minimum atomic E-state index is -4.90. The van der Waals surface area contributed by atoms with E-state index in [1.165, 1.54) is 103 Å². The molecule has 286 valence electrons. The van der Waals surface area contributed by atoms with Crippen molar-refractivity contribution in [2.24, 2.45) is 0 Å². The molecule has 0 rings (SSSR count). The molecule has 0 heterocycles. The molecule has 0 spiro atoms. The van der Waals surface area contributed by atoms with Gasteiger partial charge in [-0.3, -0.25) is 14.2 Å². The number of quaternary nitrogens is 1. The Morgan fingerprint density at radius 1 is 0.646 bits per heavy atom. The topological polar surface area (TPSA) is 122 Å². The molecule has 0 aliphatic rings. The van der Waals surface area contributed by atoms with Crippen LogP contribution >= 0.6 is 7.82 Å². The average Bonchev–Trinajstić information content (AvgIpc) is 3.02. The van der Waals surface area contributed by atoms with Gasteiger partial charge in [0.25, 0.3) is 7.82 Å². The predicted molar refractivity (Wildman–Crippen MR) is 195 cm³/mol. The first-order valence-electron chi connectivity index (χ1n) is 19.7. The van der Waals surface area contributed by atoms with Crippen molar-refractivity contribution >= 4 is 19.6 Å². The molecule has 0 aromatic carbocycles. The maximum absolute atomic E-state index is 13.0. The summed E-state index contributed by atoms with van der Waals surface area (Å²) in [5.41, 5.74) is 0. The van der Waals surface area contributed by atoms with Crippen molar-refractivity contribution in [2.75, 3.05) is 40.9 Å². The van der Waals surface area contributed by atoms with Gasteiger partial charge in [-0.25, -0.2) is 0 Å². The molecular weight excluding hydrogens is 629 g/mol. The second-order valence-electron chi connectivity index (χ2n) is 14.8. The highest BCUT2D eigenvalue weighted by Crippen LogP contribution is 2.41. The van der Waals surface area contributed by atoms with Crippen LogP contribution < -0.4 is 4.89 Å². The minimum absolute atomic E-state index is 0.171. The molecular formula is C38H76NO8P. The monoisotopic (exact) mass is 706 g/mol. The lowest BCUT2D eigenvalue weighted by atomic mass is 10.0. The van der Waals surface area contributed by atoms with Crippen molar-refractivity contribution in [3.8, 4) is 0 Å². The number of hydrogen-bond acceptors (Lipinski definition) is 8. The molecule has 2 unspecified atom stereocenters. The van der Waals surface area contributed by atoms with Crippen LogP contribution in [-0.2, 0) is 27.9 Å². The Morgan fingerprint density at radius 3 is 1.40 bits per heavy atom. The smallest absolute Gasteiger partial charge is 0.306 e. The van der Waals surface area contributed by atoms with Crippen LogP contribution in [0.5, 0.6) is 0 Å². The summed E-state index contributed by atoms with van der Waals surface area (Å²) in [4.78, 5) is 38.0. The fourth-order valence-corrected chi connectivity index (χ4v) is 6.74. The second-order valence-corrected chi connectivity index (χ2v) is 16.2. The van der Waals surface area contributed by atoms with E-state index in [0.29, 0.717) is 17.3 Å². The highest BCUT2D eigenvalue weighted by Gasteiger charge is 2.30. The van der Waals surface area contributed by atoms with E-state index in [2.05, 4.69) is 13.8 Å². The number of esters is 1. The summed E-state index contributed by atoms with van der Waals surface area (Å²) >= 11 is 0. The third-order valence-electron chi connectivity index (χ3n) is 8.76. The van der Waals surface area contributed by atoms with Crippen molar-refractivity contribution in [1.82, 2.24) is 0 Å². The Morgan fingerprint density at radius 2 is 1.02 bits per heavy atom. The molecule has 0 aliphatic carbocycles. The number of ketones is 1. The van der Waals surface area contributed by atoms with Gasteiger partial charge in [-0.1, -0.05) is 155 Å². The molecule has 0 aromatic rings. The number of unbranched alkanes of at least 4 members (excludes halogenated alkanes) is 22. The Hall–Kier alpha value is -0.830. The number of ether oxygens (including phenoxy) is 1. The molecule has 48 heavy (non-hydrogen) atoms. The zero-order valence-corrected chi connectivity index (χ0v) is 32.8. The van der Waals surface area contributed by atoms with Crippen LogP contribution in [0.3, 0.4) is 0 Å². The summed E-state index contributed by atoms with van der Waals surface area (Å²) in [6, 6.07) is 0. The van der Waals surface area contributed by atoms with Crippen molar-refractivity contribution in [2.45, 2.75) is 193 Å².